The highest BCUT2D eigenvalue weighted by atomic mass is 16.6. The number of anilines is 1. The van der Waals surface area contributed by atoms with Gasteiger partial charge in [0, 0.05) is 31.1 Å². The van der Waals surface area contributed by atoms with E-state index >= 15 is 0 Å². The number of para-hydroxylation sites is 1. The van der Waals surface area contributed by atoms with Crippen LogP contribution in [0.15, 0.2) is 66.9 Å². The van der Waals surface area contributed by atoms with Crippen molar-refractivity contribution in [3.05, 3.63) is 72.4 Å². The molecule has 0 radical (unpaired) electrons. The minimum Gasteiger partial charge on any atom is -0.444 e. The minimum absolute atomic E-state index is 0.0382. The van der Waals surface area contributed by atoms with Crippen LogP contribution in [0.1, 0.15) is 66.4 Å². The van der Waals surface area contributed by atoms with Crippen molar-refractivity contribution in [2.24, 2.45) is 5.92 Å². The Hall–Kier alpha value is -5.24. The molecule has 1 aromatic heterocycles. The van der Waals surface area contributed by atoms with Gasteiger partial charge in [-0.1, -0.05) is 48.5 Å². The molecule has 2 aliphatic heterocycles. The first kappa shape index (κ1) is 40.0. The smallest absolute Gasteiger partial charge is 0.410 e. The van der Waals surface area contributed by atoms with E-state index in [2.05, 4.69) is 20.9 Å². The highest BCUT2D eigenvalue weighted by Gasteiger charge is 2.48. The van der Waals surface area contributed by atoms with Gasteiger partial charge in [0.15, 0.2) is 0 Å². The van der Waals surface area contributed by atoms with Crippen molar-refractivity contribution >= 4 is 46.5 Å². The summed E-state index contributed by atoms with van der Waals surface area (Å²) in [4.78, 5) is 74.9. The Bertz CT molecular complexity index is 1820. The molecular weight excluding hydrogens is 692 g/mol. The Morgan fingerprint density at radius 3 is 2.26 bits per heavy atom. The van der Waals surface area contributed by atoms with E-state index in [0.29, 0.717) is 12.1 Å². The second-order valence-corrected chi connectivity index (χ2v) is 16.0. The Balaban J connectivity index is 1.35. The van der Waals surface area contributed by atoms with Crippen molar-refractivity contribution < 1.29 is 38.6 Å². The largest absolute Gasteiger partial charge is 0.444 e. The molecule has 14 heteroatoms. The predicted octanol–water partition coefficient (Wildman–Crippen LogP) is 4.40. The number of rotatable bonds is 10. The SMILES string of the molecule is CC(C)(C)OC(=O)NC[C@@H]1C[C@@H](C(=O)N2C[C@H](NC(=O)[C@H](O)CCc3ccccc3)C[C@H]2C(=O)Nc2cnc3ccccc3c2)N(C(=O)OC(C)(C)C)C1. The summed E-state index contributed by atoms with van der Waals surface area (Å²) < 4.78 is 11.1. The average molecular weight is 745 g/mol. The van der Waals surface area contributed by atoms with Crippen LogP contribution in [0.2, 0.25) is 0 Å². The topological polar surface area (TPSA) is 180 Å². The van der Waals surface area contributed by atoms with Crippen LogP contribution in [0.3, 0.4) is 0 Å². The summed E-state index contributed by atoms with van der Waals surface area (Å²) in [5.74, 6) is -1.92. The number of amides is 5. The van der Waals surface area contributed by atoms with Crippen molar-refractivity contribution in [1.29, 1.82) is 0 Å². The number of alkyl carbamates (subject to hydrolysis) is 1. The molecule has 0 unspecified atom stereocenters. The van der Waals surface area contributed by atoms with Gasteiger partial charge in [-0.15, -0.1) is 0 Å². The fraction of sp³-hybridized carbons (Fsp3) is 0.500. The lowest BCUT2D eigenvalue weighted by Gasteiger charge is -2.32. The van der Waals surface area contributed by atoms with Crippen LogP contribution >= 0.6 is 0 Å². The minimum atomic E-state index is -1.30. The van der Waals surface area contributed by atoms with Crippen molar-refractivity contribution in [2.45, 2.75) is 103 Å². The van der Waals surface area contributed by atoms with Gasteiger partial charge in [0.1, 0.15) is 29.4 Å². The summed E-state index contributed by atoms with van der Waals surface area (Å²) in [6, 6.07) is 16.0. The van der Waals surface area contributed by atoms with Gasteiger partial charge in [0.05, 0.1) is 17.4 Å². The molecule has 0 saturated carbocycles. The Kier molecular flexibility index (Phi) is 12.5. The van der Waals surface area contributed by atoms with Crippen LogP contribution in [0.5, 0.6) is 0 Å². The number of ether oxygens (including phenoxy) is 2. The molecular formula is C40H52N6O8. The van der Waals surface area contributed by atoms with E-state index in [-0.39, 0.29) is 44.8 Å². The van der Waals surface area contributed by atoms with Crippen LogP contribution in [-0.4, -0.2) is 105 Å². The van der Waals surface area contributed by atoms with E-state index in [9.17, 15) is 29.1 Å². The van der Waals surface area contributed by atoms with E-state index in [1.807, 2.05) is 54.6 Å². The maximum absolute atomic E-state index is 14.6. The van der Waals surface area contributed by atoms with Gasteiger partial charge in [-0.05, 0) is 90.8 Å². The molecule has 3 heterocycles. The van der Waals surface area contributed by atoms with E-state index in [0.717, 1.165) is 16.5 Å². The maximum atomic E-state index is 14.6. The first-order chi connectivity index (χ1) is 25.5. The molecule has 5 atom stereocenters. The number of benzene rings is 2. The van der Waals surface area contributed by atoms with Gasteiger partial charge in [-0.3, -0.25) is 24.3 Å². The van der Waals surface area contributed by atoms with Crippen molar-refractivity contribution in [3.8, 4) is 0 Å². The molecule has 2 aromatic carbocycles. The summed E-state index contributed by atoms with van der Waals surface area (Å²) in [6.07, 6.45) is -0.160. The number of carbonyl (C=O) groups is 5. The number of aryl methyl sites for hydroxylation is 1. The molecule has 54 heavy (non-hydrogen) atoms. The molecule has 4 N–H and O–H groups in total. The lowest BCUT2D eigenvalue weighted by atomic mass is 10.0. The third-order valence-electron chi connectivity index (χ3n) is 9.18. The lowest BCUT2D eigenvalue weighted by Crippen LogP contribution is -2.53. The molecule has 3 aromatic rings. The van der Waals surface area contributed by atoms with Crippen molar-refractivity contribution in [2.75, 3.05) is 25.0 Å². The molecule has 2 saturated heterocycles. The first-order valence-corrected chi connectivity index (χ1v) is 18.4. The lowest BCUT2D eigenvalue weighted by molar-refractivity contribution is -0.140. The zero-order valence-electron chi connectivity index (χ0n) is 31.8. The normalized spacial score (nSPS) is 20.6. The van der Waals surface area contributed by atoms with Crippen molar-refractivity contribution in [1.82, 2.24) is 25.4 Å². The molecule has 2 fully saturated rings. The Morgan fingerprint density at radius 1 is 0.870 bits per heavy atom. The molecule has 0 spiro atoms. The van der Waals surface area contributed by atoms with E-state index in [1.165, 1.54) is 16.0 Å². The van der Waals surface area contributed by atoms with Crippen molar-refractivity contribution in [3.63, 3.8) is 0 Å². The number of hydrogen-bond acceptors (Lipinski definition) is 9. The highest BCUT2D eigenvalue weighted by Crippen LogP contribution is 2.30. The van der Waals surface area contributed by atoms with Crippen LogP contribution < -0.4 is 16.0 Å². The van der Waals surface area contributed by atoms with Crippen LogP contribution in [0.4, 0.5) is 15.3 Å². The number of nitrogens with zero attached hydrogens (tertiary/aromatic N) is 3. The highest BCUT2D eigenvalue weighted by molar-refractivity contribution is 6.00. The van der Waals surface area contributed by atoms with Gasteiger partial charge in [-0.25, -0.2) is 9.59 Å². The van der Waals surface area contributed by atoms with E-state index < -0.39 is 65.3 Å². The summed E-state index contributed by atoms with van der Waals surface area (Å²) >= 11 is 0. The number of likely N-dealkylation sites (tertiary alicyclic amines) is 2. The van der Waals surface area contributed by atoms with E-state index in [4.69, 9.17) is 9.47 Å². The third kappa shape index (κ3) is 10.9. The Morgan fingerprint density at radius 2 is 1.56 bits per heavy atom. The average Bonchev–Trinajstić information content (AvgIpc) is 3.73. The zero-order valence-corrected chi connectivity index (χ0v) is 31.8. The summed E-state index contributed by atoms with van der Waals surface area (Å²) in [7, 11) is 0. The van der Waals surface area contributed by atoms with Gasteiger partial charge in [-0.2, -0.15) is 0 Å². The monoisotopic (exact) mass is 744 g/mol. The number of carbonyl (C=O) groups excluding carboxylic acids is 5. The molecule has 14 nitrogen and oxygen atoms in total. The maximum Gasteiger partial charge on any atom is 0.410 e. The van der Waals surface area contributed by atoms with Gasteiger partial charge >= 0.3 is 12.2 Å². The van der Waals surface area contributed by atoms with Crippen LogP contribution in [0, 0.1) is 5.92 Å². The van der Waals surface area contributed by atoms with Crippen LogP contribution in [-0.2, 0) is 30.3 Å². The zero-order chi connectivity index (χ0) is 39.2. The molecule has 5 amide bonds. The second kappa shape index (κ2) is 16.8. The molecule has 5 rings (SSSR count). The molecule has 290 valence electrons. The van der Waals surface area contributed by atoms with Gasteiger partial charge < -0.3 is 35.4 Å². The quantitative estimate of drug-likeness (QED) is 0.234. The number of aliphatic hydroxyl groups is 1. The number of nitrogens with one attached hydrogen (secondary N) is 3. The fourth-order valence-electron chi connectivity index (χ4n) is 6.73. The third-order valence-corrected chi connectivity index (χ3v) is 9.18. The number of aromatic nitrogens is 1. The Labute approximate surface area is 315 Å². The van der Waals surface area contributed by atoms with E-state index in [1.54, 1.807) is 47.6 Å². The van der Waals surface area contributed by atoms with Gasteiger partial charge in [0.2, 0.25) is 17.7 Å². The number of pyridine rings is 1. The number of aliphatic hydroxyl groups excluding tert-OH is 1. The summed E-state index contributed by atoms with van der Waals surface area (Å²) in [6.45, 7) is 10.6. The molecule has 2 aliphatic rings. The molecule has 0 bridgehead atoms. The standard InChI is InChI=1S/C40H52N6O8/c1-39(2,3)53-37(51)42-21-26-18-32(46(23-26)38(52)54-40(4,5)6)36(50)45-24-29(44-35(49)33(47)17-16-25-12-8-7-9-13-25)20-31(45)34(48)43-28-19-27-14-10-11-15-30(27)41-22-28/h7-15,19,22,26,29,31-33,47H,16-18,20-21,23-24H2,1-6H3,(H,42,51)(H,43,48)(H,44,49)/t26-,29+,31-,32-,33+/m0/s1. The van der Waals surface area contributed by atoms with Crippen LogP contribution in [0.25, 0.3) is 10.9 Å². The predicted molar refractivity (Wildman–Crippen MR) is 202 cm³/mol. The summed E-state index contributed by atoms with van der Waals surface area (Å²) in [5, 5.41) is 20.0. The molecule has 0 aliphatic carbocycles. The summed E-state index contributed by atoms with van der Waals surface area (Å²) in [5.41, 5.74) is 0.602. The second-order valence-electron chi connectivity index (χ2n) is 16.0. The first-order valence-electron chi connectivity index (χ1n) is 18.4. The van der Waals surface area contributed by atoms with Gasteiger partial charge in [0.25, 0.3) is 0 Å². The number of fused-ring (bicyclic) bond motifs is 1. The fourth-order valence-corrected chi connectivity index (χ4v) is 6.73. The number of hydrogen-bond donors (Lipinski definition) is 4.